The van der Waals surface area contributed by atoms with Crippen molar-refractivity contribution in [2.45, 2.75) is 6.92 Å². The summed E-state index contributed by atoms with van der Waals surface area (Å²) >= 11 is 7.61. The molecule has 0 radical (unpaired) electrons. The van der Waals surface area contributed by atoms with Gasteiger partial charge in [-0.25, -0.2) is 0 Å². The molecule has 0 atom stereocenters. The summed E-state index contributed by atoms with van der Waals surface area (Å²) in [5.74, 6) is 0.474. The van der Waals surface area contributed by atoms with E-state index in [2.05, 4.69) is 40.4 Å². The zero-order valence-electron chi connectivity index (χ0n) is 5.14. The Kier molecular flexibility index (Phi) is 2.34. The lowest BCUT2D eigenvalue weighted by Crippen LogP contribution is -1.70. The summed E-state index contributed by atoms with van der Waals surface area (Å²) in [6, 6.07) is 0.178. The van der Waals surface area contributed by atoms with E-state index in [1.54, 1.807) is 6.92 Å². The van der Waals surface area contributed by atoms with E-state index in [-0.39, 0.29) is 6.01 Å². The van der Waals surface area contributed by atoms with Crippen molar-refractivity contribution in [3.05, 3.63) is 5.89 Å². The normalized spacial score (nSPS) is 9.50. The molecule has 0 aromatic carbocycles. The van der Waals surface area contributed by atoms with Crippen LogP contribution in [0.1, 0.15) is 5.89 Å². The van der Waals surface area contributed by atoms with Gasteiger partial charge in [0.15, 0.2) is 0 Å². The number of nitrogens with zero attached hydrogens (tertiary/aromatic N) is 3. The van der Waals surface area contributed by atoms with E-state index in [0.29, 0.717) is 10.3 Å². The van der Waals surface area contributed by atoms with E-state index >= 15 is 0 Å². The number of aromatic nitrogens is 2. The highest BCUT2D eigenvalue weighted by Gasteiger charge is 1.97. The molecule has 1 rings (SSSR count). The minimum Gasteiger partial charge on any atom is -0.407 e. The molecule has 0 aliphatic rings. The molecule has 0 unspecified atom stereocenters. The fourth-order valence-electron chi connectivity index (χ4n) is 0.417. The van der Waals surface area contributed by atoms with Crippen LogP contribution in [0.2, 0.25) is 0 Å². The predicted octanol–water partition coefficient (Wildman–Crippen LogP) is 1.23. The second-order valence-electron chi connectivity index (χ2n) is 1.52. The molecule has 6 heteroatoms. The van der Waals surface area contributed by atoms with Gasteiger partial charge in [-0.1, -0.05) is 5.10 Å². The van der Waals surface area contributed by atoms with Gasteiger partial charge in [0.05, 0.1) is 0 Å². The zero-order valence-corrected chi connectivity index (χ0v) is 6.93. The van der Waals surface area contributed by atoms with Gasteiger partial charge in [0.25, 0.3) is 0 Å². The van der Waals surface area contributed by atoms with Crippen LogP contribution in [-0.4, -0.2) is 14.6 Å². The first kappa shape index (κ1) is 7.62. The summed E-state index contributed by atoms with van der Waals surface area (Å²) in [5.41, 5.74) is 0. The van der Waals surface area contributed by atoms with Crippen molar-refractivity contribution in [3.8, 4) is 0 Å². The van der Waals surface area contributed by atoms with Crippen LogP contribution in [0.15, 0.2) is 9.41 Å². The molecule has 0 spiro atoms. The first-order valence-electron chi connectivity index (χ1n) is 2.45. The van der Waals surface area contributed by atoms with Gasteiger partial charge in [-0.05, 0) is 0 Å². The third kappa shape index (κ3) is 2.03. The summed E-state index contributed by atoms with van der Waals surface area (Å²) in [6.45, 7) is 1.68. The zero-order chi connectivity index (χ0) is 7.56. The van der Waals surface area contributed by atoms with Crippen molar-refractivity contribution in [2.24, 2.45) is 4.99 Å². The van der Waals surface area contributed by atoms with Gasteiger partial charge in [-0.2, -0.15) is 4.99 Å². The van der Waals surface area contributed by atoms with Crippen LogP contribution in [0.4, 0.5) is 6.01 Å². The summed E-state index contributed by atoms with van der Waals surface area (Å²) in [6.07, 6.45) is 0. The standard InChI is InChI=1S/C4H5N3OS2/c1-2-6-7-3(8-2)5-4(9)10/h1H3,(H2,5,7,9,10). The van der Waals surface area contributed by atoms with Crippen molar-refractivity contribution < 1.29 is 4.42 Å². The number of aryl methyl sites for hydroxylation is 1. The molecule has 10 heavy (non-hydrogen) atoms. The second kappa shape index (κ2) is 3.07. The summed E-state index contributed by atoms with van der Waals surface area (Å²) in [5, 5.41) is 7.13. The fourth-order valence-corrected chi connectivity index (χ4v) is 0.588. The van der Waals surface area contributed by atoms with Crippen molar-refractivity contribution in [1.29, 1.82) is 0 Å². The Balaban J connectivity index is 2.86. The van der Waals surface area contributed by atoms with E-state index in [4.69, 9.17) is 4.42 Å². The molecule has 0 bridgehead atoms. The molecule has 1 heterocycles. The molecule has 4 nitrogen and oxygen atoms in total. The molecule has 0 saturated carbocycles. The van der Waals surface area contributed by atoms with Gasteiger partial charge in [0.2, 0.25) is 5.89 Å². The van der Waals surface area contributed by atoms with Crippen molar-refractivity contribution in [1.82, 2.24) is 10.2 Å². The fraction of sp³-hybridized carbons (Fsp3) is 0.250. The van der Waals surface area contributed by atoms with Gasteiger partial charge in [0, 0.05) is 6.92 Å². The van der Waals surface area contributed by atoms with Gasteiger partial charge in [-0.15, -0.1) is 30.4 Å². The Hall–Kier alpha value is -0.490. The Morgan fingerprint density at radius 1 is 1.50 bits per heavy atom. The minimum absolute atomic E-state index is 0.178. The summed E-state index contributed by atoms with van der Waals surface area (Å²) in [7, 11) is 0. The molecular formula is C4H5N3OS2. The van der Waals surface area contributed by atoms with Crippen LogP contribution in [0.25, 0.3) is 0 Å². The third-order valence-electron chi connectivity index (χ3n) is 0.711. The smallest absolute Gasteiger partial charge is 0.344 e. The van der Waals surface area contributed by atoms with Crippen LogP contribution in [0.3, 0.4) is 0 Å². The average Bonchev–Trinajstić information content (AvgIpc) is 2.13. The number of rotatable bonds is 1. The van der Waals surface area contributed by atoms with Crippen LogP contribution in [-0.2, 0) is 0 Å². The molecule has 1 aromatic heterocycles. The molecule has 1 aromatic rings. The van der Waals surface area contributed by atoms with Crippen LogP contribution in [0, 0.1) is 6.92 Å². The first-order chi connectivity index (χ1) is 4.68. The average molecular weight is 175 g/mol. The largest absolute Gasteiger partial charge is 0.407 e. The summed E-state index contributed by atoms with van der Waals surface area (Å²) < 4.78 is 5.18. The van der Waals surface area contributed by atoms with E-state index < -0.39 is 0 Å². The van der Waals surface area contributed by atoms with Crippen molar-refractivity contribution in [2.75, 3.05) is 0 Å². The molecular weight excluding hydrogens is 170 g/mol. The third-order valence-corrected chi connectivity index (χ3v) is 0.911. The number of hydrogen-bond donors (Lipinski definition) is 2. The van der Waals surface area contributed by atoms with Crippen molar-refractivity contribution >= 4 is 35.6 Å². The molecule has 0 N–H and O–H groups in total. The molecule has 0 fully saturated rings. The van der Waals surface area contributed by atoms with Crippen LogP contribution in [0.5, 0.6) is 0 Å². The Morgan fingerprint density at radius 2 is 2.20 bits per heavy atom. The maximum Gasteiger partial charge on any atom is 0.344 e. The Bertz CT molecular complexity index is 253. The molecule has 0 saturated heterocycles. The van der Waals surface area contributed by atoms with Crippen molar-refractivity contribution in [3.63, 3.8) is 0 Å². The van der Waals surface area contributed by atoms with E-state index in [1.807, 2.05) is 0 Å². The van der Waals surface area contributed by atoms with Gasteiger partial charge in [-0.3, -0.25) is 0 Å². The monoisotopic (exact) mass is 175 g/mol. The van der Waals surface area contributed by atoms with E-state index in [9.17, 15) is 0 Å². The minimum atomic E-state index is 0.178. The molecule has 54 valence electrons. The van der Waals surface area contributed by atoms with E-state index in [1.165, 1.54) is 0 Å². The highest BCUT2D eigenvalue weighted by Crippen LogP contribution is 2.09. The number of aliphatic imine (C=N–C) groups is 1. The second-order valence-corrected chi connectivity index (χ2v) is 2.72. The lowest BCUT2D eigenvalue weighted by atomic mass is 10.8. The van der Waals surface area contributed by atoms with Gasteiger partial charge < -0.3 is 4.42 Å². The van der Waals surface area contributed by atoms with Crippen LogP contribution >= 0.6 is 25.3 Å². The maximum absolute atomic E-state index is 4.89. The van der Waals surface area contributed by atoms with Gasteiger partial charge >= 0.3 is 6.01 Å². The SMILES string of the molecule is Cc1nnc(N=C(S)S)o1. The lowest BCUT2D eigenvalue weighted by Gasteiger charge is -1.80. The quantitative estimate of drug-likeness (QED) is 0.383. The topological polar surface area (TPSA) is 51.3 Å². The lowest BCUT2D eigenvalue weighted by molar-refractivity contribution is 0.530. The number of thiol groups is 2. The van der Waals surface area contributed by atoms with E-state index in [0.717, 1.165) is 0 Å². The molecule has 0 aliphatic carbocycles. The van der Waals surface area contributed by atoms with Crippen LogP contribution < -0.4 is 0 Å². The molecule has 0 amide bonds. The Labute approximate surface area is 68.6 Å². The predicted molar refractivity (Wildman–Crippen MR) is 44.1 cm³/mol. The molecule has 0 aliphatic heterocycles. The highest BCUT2D eigenvalue weighted by atomic mass is 32.2. The Morgan fingerprint density at radius 3 is 2.60 bits per heavy atom. The summed E-state index contributed by atoms with van der Waals surface area (Å²) in [4.78, 5) is 3.69. The number of hydrogen-bond acceptors (Lipinski definition) is 4. The highest BCUT2D eigenvalue weighted by molar-refractivity contribution is 8.23. The van der Waals surface area contributed by atoms with Gasteiger partial charge in [0.1, 0.15) is 4.38 Å². The first-order valence-corrected chi connectivity index (χ1v) is 3.34. The maximum atomic E-state index is 4.89.